The van der Waals surface area contributed by atoms with E-state index in [0.717, 1.165) is 25.6 Å². The molecular formula is C26H24BBr2IO4. The monoisotopic (exact) mass is 696 g/mol. The molecule has 0 atom stereocenters. The molecule has 4 N–H and O–H groups in total. The number of halogens is 3. The molecule has 4 nitrogen and oxygen atoms in total. The van der Waals surface area contributed by atoms with Gasteiger partial charge in [0.25, 0.3) is 0 Å². The van der Waals surface area contributed by atoms with E-state index < -0.39 is 7.12 Å². The molecule has 0 saturated carbocycles. The van der Waals surface area contributed by atoms with Crippen LogP contribution in [0.5, 0.6) is 0 Å². The first kappa shape index (κ1) is 28.7. The van der Waals surface area contributed by atoms with Gasteiger partial charge in [-0.3, -0.25) is 0 Å². The standard InChI is InChI=1S/C13H11BrO.C7H9BO3.C6H4BrI/c14-12-7-5-10(6-8-12)13-4-2-1-3-11(13)9-15;9-5-6-3-1-2-4-7(6)8(10)11;7-5-1-3-6(8)4-2-5/h1-8,15H,9H2;1-4,9-11H,5H2;1-4H. The lowest BCUT2D eigenvalue weighted by Gasteiger charge is -2.07. The normalized spacial score (nSPS) is 9.85. The lowest BCUT2D eigenvalue weighted by atomic mass is 9.77. The van der Waals surface area contributed by atoms with Crippen molar-refractivity contribution in [3.8, 4) is 11.1 Å². The minimum atomic E-state index is -1.50. The van der Waals surface area contributed by atoms with Crippen LogP contribution in [0.3, 0.4) is 0 Å². The van der Waals surface area contributed by atoms with Crippen LogP contribution in [-0.2, 0) is 13.2 Å². The Morgan fingerprint density at radius 2 is 1.09 bits per heavy atom. The molecule has 0 amide bonds. The Morgan fingerprint density at radius 1 is 0.618 bits per heavy atom. The van der Waals surface area contributed by atoms with Gasteiger partial charge in [-0.15, -0.1) is 0 Å². The largest absolute Gasteiger partial charge is 0.488 e. The van der Waals surface area contributed by atoms with E-state index in [1.807, 2.05) is 60.7 Å². The first-order chi connectivity index (χ1) is 16.3. The summed E-state index contributed by atoms with van der Waals surface area (Å²) in [6.45, 7) is -0.0972. The third-order valence-corrected chi connectivity index (χ3v) is 6.43. The van der Waals surface area contributed by atoms with Crippen LogP contribution >= 0.6 is 54.5 Å². The summed E-state index contributed by atoms with van der Waals surface area (Å²) in [7, 11) is -1.50. The maximum atomic E-state index is 9.23. The Labute approximate surface area is 230 Å². The van der Waals surface area contributed by atoms with Crippen LogP contribution in [0, 0.1) is 3.57 Å². The predicted octanol–water partition coefficient (Wildman–Crippen LogP) is 5.52. The molecule has 0 aliphatic heterocycles. The van der Waals surface area contributed by atoms with Crippen molar-refractivity contribution in [3.05, 3.63) is 121 Å². The molecule has 0 radical (unpaired) electrons. The molecule has 0 unspecified atom stereocenters. The average Bonchev–Trinajstić information content (AvgIpc) is 2.87. The summed E-state index contributed by atoms with van der Waals surface area (Å²) in [5, 5.41) is 35.5. The molecule has 0 fully saturated rings. The Morgan fingerprint density at radius 3 is 1.56 bits per heavy atom. The lowest BCUT2D eigenvalue weighted by Crippen LogP contribution is -2.32. The van der Waals surface area contributed by atoms with Crippen molar-refractivity contribution in [2.45, 2.75) is 13.2 Å². The first-order valence-corrected chi connectivity index (χ1v) is 12.9. The molecule has 0 saturated heterocycles. The van der Waals surface area contributed by atoms with Gasteiger partial charge in [0.15, 0.2) is 0 Å². The van der Waals surface area contributed by atoms with Crippen molar-refractivity contribution in [2.75, 3.05) is 0 Å². The summed E-state index contributed by atoms with van der Waals surface area (Å²) in [4.78, 5) is 0. The fraction of sp³-hybridized carbons (Fsp3) is 0.0769. The van der Waals surface area contributed by atoms with Crippen molar-refractivity contribution >= 4 is 67.0 Å². The van der Waals surface area contributed by atoms with Gasteiger partial charge in [0.1, 0.15) is 0 Å². The Hall–Kier alpha value is -1.53. The van der Waals surface area contributed by atoms with Crippen LogP contribution in [0.1, 0.15) is 11.1 Å². The van der Waals surface area contributed by atoms with E-state index in [4.69, 9.17) is 15.2 Å². The van der Waals surface area contributed by atoms with Crippen molar-refractivity contribution < 1.29 is 20.3 Å². The highest BCUT2D eigenvalue weighted by atomic mass is 127. The fourth-order valence-corrected chi connectivity index (χ4v) is 3.82. The molecular weight excluding hydrogens is 674 g/mol. The zero-order valence-electron chi connectivity index (χ0n) is 18.2. The van der Waals surface area contributed by atoms with Crippen LogP contribution < -0.4 is 5.46 Å². The molecule has 176 valence electrons. The van der Waals surface area contributed by atoms with E-state index in [1.54, 1.807) is 24.3 Å². The third-order valence-electron chi connectivity index (χ3n) is 4.65. The van der Waals surface area contributed by atoms with Gasteiger partial charge in [-0.2, -0.15) is 0 Å². The van der Waals surface area contributed by atoms with Gasteiger partial charge in [-0.05, 0) is 86.7 Å². The van der Waals surface area contributed by atoms with Gasteiger partial charge in [0.2, 0.25) is 0 Å². The quantitative estimate of drug-likeness (QED) is 0.167. The third kappa shape index (κ3) is 9.61. The van der Waals surface area contributed by atoms with E-state index in [-0.39, 0.29) is 13.2 Å². The summed E-state index contributed by atoms with van der Waals surface area (Å²) in [5.41, 5.74) is 4.08. The summed E-state index contributed by atoms with van der Waals surface area (Å²) in [6.07, 6.45) is 0. The molecule has 8 heteroatoms. The molecule has 34 heavy (non-hydrogen) atoms. The Bertz CT molecular complexity index is 1120. The number of rotatable bonds is 4. The molecule has 0 aliphatic carbocycles. The number of aliphatic hydroxyl groups excluding tert-OH is 2. The molecule has 0 spiro atoms. The molecule has 0 aliphatic rings. The Balaban J connectivity index is 0.000000190. The van der Waals surface area contributed by atoms with Gasteiger partial charge >= 0.3 is 7.12 Å². The average molecular weight is 698 g/mol. The van der Waals surface area contributed by atoms with Crippen molar-refractivity contribution in [1.82, 2.24) is 0 Å². The maximum absolute atomic E-state index is 9.23. The number of hydrogen-bond donors (Lipinski definition) is 4. The van der Waals surface area contributed by atoms with Crippen LogP contribution in [0.15, 0.2) is 106 Å². The fourth-order valence-electron chi connectivity index (χ4n) is 2.93. The molecule has 4 aromatic carbocycles. The van der Waals surface area contributed by atoms with Crippen LogP contribution in [0.2, 0.25) is 0 Å². The Kier molecular flexibility index (Phi) is 13.1. The van der Waals surface area contributed by atoms with Gasteiger partial charge < -0.3 is 20.3 Å². The highest BCUT2D eigenvalue weighted by molar-refractivity contribution is 14.1. The second kappa shape index (κ2) is 15.5. The zero-order chi connectivity index (χ0) is 24.9. The smallest absolute Gasteiger partial charge is 0.423 e. The van der Waals surface area contributed by atoms with E-state index in [1.165, 1.54) is 3.57 Å². The topological polar surface area (TPSA) is 80.9 Å². The molecule has 4 rings (SSSR count). The highest BCUT2D eigenvalue weighted by Crippen LogP contribution is 2.25. The number of benzene rings is 4. The minimum Gasteiger partial charge on any atom is -0.423 e. The van der Waals surface area contributed by atoms with E-state index in [2.05, 4.69) is 66.6 Å². The van der Waals surface area contributed by atoms with Crippen molar-refractivity contribution in [3.63, 3.8) is 0 Å². The van der Waals surface area contributed by atoms with Crippen LogP contribution in [-0.4, -0.2) is 27.4 Å². The SMILES string of the molecule is Brc1ccc(I)cc1.OCc1ccccc1-c1ccc(Br)cc1.OCc1ccccc1B(O)O. The zero-order valence-corrected chi connectivity index (χ0v) is 23.5. The van der Waals surface area contributed by atoms with Crippen molar-refractivity contribution in [1.29, 1.82) is 0 Å². The van der Waals surface area contributed by atoms with Gasteiger partial charge in [-0.1, -0.05) is 92.5 Å². The van der Waals surface area contributed by atoms with Gasteiger partial charge in [0, 0.05) is 12.5 Å². The second-order valence-electron chi connectivity index (χ2n) is 6.99. The van der Waals surface area contributed by atoms with Crippen LogP contribution in [0.4, 0.5) is 0 Å². The van der Waals surface area contributed by atoms with E-state index in [9.17, 15) is 5.11 Å². The van der Waals surface area contributed by atoms with E-state index >= 15 is 0 Å². The molecule has 4 aromatic rings. The number of hydrogen-bond acceptors (Lipinski definition) is 4. The maximum Gasteiger partial charge on any atom is 0.488 e. The summed E-state index contributed by atoms with van der Waals surface area (Å²) in [6, 6.07) is 30.8. The lowest BCUT2D eigenvalue weighted by molar-refractivity contribution is 0.282. The first-order valence-electron chi connectivity index (χ1n) is 10.3. The van der Waals surface area contributed by atoms with Crippen molar-refractivity contribution in [2.24, 2.45) is 0 Å². The summed E-state index contributed by atoms with van der Waals surface area (Å²) in [5.74, 6) is 0. The molecule has 0 bridgehead atoms. The minimum absolute atomic E-state index is 0.0756. The molecule has 0 heterocycles. The van der Waals surface area contributed by atoms with Gasteiger partial charge in [0.05, 0.1) is 13.2 Å². The van der Waals surface area contributed by atoms with E-state index in [0.29, 0.717) is 11.0 Å². The number of aliphatic hydroxyl groups is 2. The second-order valence-corrected chi connectivity index (χ2v) is 10.1. The molecule has 0 aromatic heterocycles. The summed E-state index contributed by atoms with van der Waals surface area (Å²) >= 11 is 9.02. The van der Waals surface area contributed by atoms with Gasteiger partial charge in [-0.25, -0.2) is 0 Å². The summed E-state index contributed by atoms with van der Waals surface area (Å²) < 4.78 is 3.47. The van der Waals surface area contributed by atoms with Crippen LogP contribution in [0.25, 0.3) is 11.1 Å². The highest BCUT2D eigenvalue weighted by Gasteiger charge is 2.13. The predicted molar refractivity (Wildman–Crippen MR) is 155 cm³/mol.